The van der Waals surface area contributed by atoms with Gasteiger partial charge in [-0.15, -0.1) is 0 Å². The predicted octanol–water partition coefficient (Wildman–Crippen LogP) is 1.87. The summed E-state index contributed by atoms with van der Waals surface area (Å²) < 4.78 is 3.39. The van der Waals surface area contributed by atoms with E-state index in [0.717, 1.165) is 5.57 Å². The van der Waals surface area contributed by atoms with Gasteiger partial charge in [-0.2, -0.15) is 0 Å². The molecule has 2 rings (SSSR count). The molecule has 2 atom stereocenters. The summed E-state index contributed by atoms with van der Waals surface area (Å²) in [6.45, 7) is 4.36. The lowest BCUT2D eigenvalue weighted by atomic mass is 10.2. The number of rotatable bonds is 0. The normalized spacial score (nSPS) is 33.4. The van der Waals surface area contributed by atoms with Crippen molar-refractivity contribution in [1.29, 1.82) is 0 Å². The number of nitrogens with zero attached hydrogens (tertiary/aromatic N) is 1. The van der Waals surface area contributed by atoms with Gasteiger partial charge in [0, 0.05) is 6.54 Å². The largest absolute Gasteiger partial charge is 0.440 e. The average molecular weight is 257 g/mol. The molecule has 3 nitrogen and oxygen atoms in total. The Morgan fingerprint density at radius 2 is 2.14 bits per heavy atom. The van der Waals surface area contributed by atoms with E-state index in [1.165, 1.54) is 0 Å². The molecule has 0 unspecified atom stereocenters. The molecule has 0 aromatic heterocycles. The molecule has 0 amide bonds. The summed E-state index contributed by atoms with van der Waals surface area (Å²) in [5.41, 5.74) is 0.964. The summed E-state index contributed by atoms with van der Waals surface area (Å²) in [6.07, 6.45) is -0.194. The molecule has 2 aliphatic heterocycles. The molecule has 0 aromatic carbocycles. The Morgan fingerprint density at radius 1 is 1.50 bits per heavy atom. The number of hydrogen-bond acceptors (Lipinski definition) is 3. The smallest absolute Gasteiger partial charge is 0.325 e. The molecule has 2 heterocycles. The number of fused-ring (bicyclic) bond motifs is 1. The van der Waals surface area contributed by atoms with Gasteiger partial charge in [0.05, 0.1) is 0 Å². The highest BCUT2D eigenvalue weighted by Crippen LogP contribution is 2.42. The van der Waals surface area contributed by atoms with Crippen LogP contribution in [0.1, 0.15) is 6.42 Å². The van der Waals surface area contributed by atoms with Gasteiger partial charge in [-0.25, -0.2) is 4.90 Å². The van der Waals surface area contributed by atoms with Gasteiger partial charge in [-0.05, 0) is 6.42 Å². The van der Waals surface area contributed by atoms with Gasteiger partial charge < -0.3 is 4.74 Å². The Balaban J connectivity index is 2.24. The molecule has 0 bridgehead atoms. The second-order valence-corrected chi connectivity index (χ2v) is 5.84. The summed E-state index contributed by atoms with van der Waals surface area (Å²) >= 11 is 17.1. The Kier molecular flexibility index (Phi) is 2.47. The van der Waals surface area contributed by atoms with Crippen LogP contribution in [0, 0.1) is 0 Å². The molecule has 0 aromatic rings. The fourth-order valence-electron chi connectivity index (χ4n) is 1.80. The van der Waals surface area contributed by atoms with Crippen molar-refractivity contribution in [2.75, 3.05) is 6.54 Å². The van der Waals surface area contributed by atoms with Gasteiger partial charge >= 0.3 is 5.97 Å². The van der Waals surface area contributed by atoms with Gasteiger partial charge in [0.1, 0.15) is 6.04 Å². The van der Waals surface area contributed by atoms with E-state index in [2.05, 4.69) is 6.58 Å². The zero-order valence-electron chi connectivity index (χ0n) is 7.17. The van der Waals surface area contributed by atoms with Crippen LogP contribution >= 0.6 is 34.8 Å². The van der Waals surface area contributed by atoms with Crippen LogP contribution in [-0.2, 0) is 9.53 Å². The van der Waals surface area contributed by atoms with E-state index >= 15 is 0 Å². The lowest BCUT2D eigenvalue weighted by molar-refractivity contribution is -0.142. The molecule has 2 saturated heterocycles. The molecule has 2 aliphatic rings. The summed E-state index contributed by atoms with van der Waals surface area (Å²) in [7, 11) is 0. The second kappa shape index (κ2) is 3.27. The minimum Gasteiger partial charge on any atom is -0.440 e. The number of alkyl halides is 3. The molecule has 78 valence electrons. The first-order chi connectivity index (χ1) is 6.39. The number of carbonyl (C=O) groups is 1. The topological polar surface area (TPSA) is 29.5 Å². The molecule has 2 fully saturated rings. The van der Waals surface area contributed by atoms with Gasteiger partial charge in [-0.1, -0.05) is 47.0 Å². The van der Waals surface area contributed by atoms with E-state index in [1.807, 2.05) is 0 Å². The van der Waals surface area contributed by atoms with Gasteiger partial charge in [-0.3, -0.25) is 4.79 Å². The first kappa shape index (κ1) is 10.6. The highest BCUT2D eigenvalue weighted by molar-refractivity contribution is 6.68. The molecular weight excluding hydrogens is 248 g/mol. The molecule has 0 saturated carbocycles. The number of carbonyl (C=O) groups excluding carboxylic acids is 1. The predicted molar refractivity (Wildman–Crippen MR) is 54.4 cm³/mol. The van der Waals surface area contributed by atoms with Crippen molar-refractivity contribution in [1.82, 2.24) is 4.90 Å². The number of halogens is 3. The lowest BCUT2D eigenvalue weighted by Crippen LogP contribution is -2.41. The summed E-state index contributed by atoms with van der Waals surface area (Å²) in [5.74, 6) is -0.333. The van der Waals surface area contributed by atoms with Crippen molar-refractivity contribution in [3.05, 3.63) is 12.2 Å². The SMILES string of the molecule is C=C1C[C@H]2C(=O)O[C@H](C(Cl)(Cl)Cl)N2C1. The third kappa shape index (κ3) is 1.63. The van der Waals surface area contributed by atoms with Crippen molar-refractivity contribution in [3.63, 3.8) is 0 Å². The highest BCUT2D eigenvalue weighted by atomic mass is 35.6. The standard InChI is InChI=1S/C8H8Cl3NO2/c1-4-2-5-6(13)14-7(8(9,10)11)12(5)3-4/h5,7H,1-3H2/t5-,7+/m0/s1. The molecule has 0 spiro atoms. The fraction of sp³-hybridized carbons (Fsp3) is 0.625. The van der Waals surface area contributed by atoms with Crippen LogP contribution in [0.3, 0.4) is 0 Å². The van der Waals surface area contributed by atoms with Crippen LogP contribution in [0.2, 0.25) is 0 Å². The van der Waals surface area contributed by atoms with Crippen LogP contribution < -0.4 is 0 Å². The van der Waals surface area contributed by atoms with Crippen LogP contribution in [0.15, 0.2) is 12.2 Å². The summed E-state index contributed by atoms with van der Waals surface area (Å²) in [5, 5.41) is 0. The van der Waals surface area contributed by atoms with Crippen molar-refractivity contribution >= 4 is 40.8 Å². The minimum absolute atomic E-state index is 0.317. The number of cyclic esters (lactones) is 1. The van der Waals surface area contributed by atoms with Crippen molar-refractivity contribution in [2.24, 2.45) is 0 Å². The van der Waals surface area contributed by atoms with Gasteiger partial charge in [0.2, 0.25) is 10.0 Å². The zero-order chi connectivity index (χ0) is 10.5. The first-order valence-corrected chi connectivity index (χ1v) is 5.22. The van der Waals surface area contributed by atoms with E-state index < -0.39 is 10.0 Å². The molecule has 0 aliphatic carbocycles. The summed E-state index contributed by atoms with van der Waals surface area (Å²) in [6, 6.07) is -0.317. The van der Waals surface area contributed by atoms with Crippen molar-refractivity contribution in [3.8, 4) is 0 Å². The molecule has 6 heteroatoms. The maximum atomic E-state index is 11.4. The molecular formula is C8H8Cl3NO2. The highest BCUT2D eigenvalue weighted by Gasteiger charge is 2.53. The van der Waals surface area contributed by atoms with Crippen molar-refractivity contribution in [2.45, 2.75) is 22.5 Å². The Bertz CT molecular complexity index is 299. The minimum atomic E-state index is -1.60. The maximum Gasteiger partial charge on any atom is 0.325 e. The Morgan fingerprint density at radius 3 is 2.71 bits per heavy atom. The van der Waals surface area contributed by atoms with Crippen LogP contribution in [0.4, 0.5) is 0 Å². The number of hydrogen-bond donors (Lipinski definition) is 0. The van der Waals surface area contributed by atoms with E-state index in [-0.39, 0.29) is 12.0 Å². The summed E-state index contributed by atoms with van der Waals surface area (Å²) in [4.78, 5) is 13.1. The monoisotopic (exact) mass is 255 g/mol. The van der Waals surface area contributed by atoms with Gasteiger partial charge in [0.25, 0.3) is 0 Å². The van der Waals surface area contributed by atoms with Crippen LogP contribution in [-0.4, -0.2) is 33.5 Å². The third-order valence-electron chi connectivity index (χ3n) is 2.37. The van der Waals surface area contributed by atoms with Crippen LogP contribution in [0.5, 0.6) is 0 Å². The Hall–Kier alpha value is 0.0400. The number of esters is 1. The Labute approximate surface area is 96.5 Å². The molecule has 0 radical (unpaired) electrons. The second-order valence-electron chi connectivity index (χ2n) is 3.47. The van der Waals surface area contributed by atoms with E-state index in [1.54, 1.807) is 4.90 Å². The average Bonchev–Trinajstić information content (AvgIpc) is 2.49. The molecule has 14 heavy (non-hydrogen) atoms. The first-order valence-electron chi connectivity index (χ1n) is 4.09. The van der Waals surface area contributed by atoms with Crippen LogP contribution in [0.25, 0.3) is 0 Å². The van der Waals surface area contributed by atoms with Gasteiger partial charge in [0.15, 0.2) is 0 Å². The van der Waals surface area contributed by atoms with E-state index in [9.17, 15) is 4.79 Å². The molecule has 0 N–H and O–H groups in total. The van der Waals surface area contributed by atoms with E-state index in [4.69, 9.17) is 39.5 Å². The maximum absolute atomic E-state index is 11.4. The van der Waals surface area contributed by atoms with Crippen molar-refractivity contribution < 1.29 is 9.53 Å². The van der Waals surface area contributed by atoms with E-state index in [0.29, 0.717) is 13.0 Å². The zero-order valence-corrected chi connectivity index (χ0v) is 9.44. The fourth-order valence-corrected chi connectivity index (χ4v) is 2.31. The quantitative estimate of drug-likeness (QED) is 0.376. The lowest BCUT2D eigenvalue weighted by Gasteiger charge is -2.25. The number of ether oxygens (including phenoxy) is 1. The third-order valence-corrected chi connectivity index (χ3v) is 2.93.